The number of hydrogen-bond acceptors (Lipinski definition) is 13. The molecular weight excluding hydrogens is 1430 g/mol. The zero-order chi connectivity index (χ0) is 82.0. The van der Waals surface area contributed by atoms with E-state index in [1.54, 1.807) is 0 Å². The van der Waals surface area contributed by atoms with E-state index in [0.29, 0.717) is 197 Å². The Hall–Kier alpha value is -2.21. The molecule has 16 rings (SSSR count). The largest absolute Gasteiger partial charge is 0.397 e. The lowest BCUT2D eigenvalue weighted by Gasteiger charge is -2.62. The zero-order valence-electron chi connectivity index (χ0n) is 73.5. The maximum atomic E-state index is 12.2. The monoisotopic (exact) mass is 1590 g/mol. The lowest BCUT2D eigenvalue weighted by Crippen LogP contribution is -2.58. The molecule has 0 heterocycles. The summed E-state index contributed by atoms with van der Waals surface area (Å²) >= 11 is 0. The van der Waals surface area contributed by atoms with Gasteiger partial charge < -0.3 is 30.6 Å². The molecule has 0 aliphatic heterocycles. The van der Waals surface area contributed by atoms with Gasteiger partial charge in [0.15, 0.2) is 11.6 Å². The van der Waals surface area contributed by atoms with E-state index in [1.807, 2.05) is 26.0 Å². The topological polar surface area (TPSA) is 253 Å². The lowest BCUT2D eigenvalue weighted by atomic mass is 9.44. The average molecular weight is 1590 g/mol. The highest BCUT2D eigenvalue weighted by molar-refractivity contribution is 7.80. The number of Topliss-reactive ketones (excluding diaryl/α,β-unsaturated/α-hetero) is 2. The summed E-state index contributed by atoms with van der Waals surface area (Å²) < 4.78 is 36.7. The van der Waals surface area contributed by atoms with Crippen molar-refractivity contribution in [2.45, 2.75) is 366 Å². The van der Waals surface area contributed by atoms with E-state index < -0.39 is 16.5 Å². The third-order valence-corrected chi connectivity index (χ3v) is 40.6. The Morgan fingerprint density at radius 2 is 0.779 bits per heavy atom. The van der Waals surface area contributed by atoms with Crippen molar-refractivity contribution in [3.63, 3.8) is 0 Å². The van der Waals surface area contributed by atoms with Crippen molar-refractivity contribution < 1.29 is 67.0 Å². The van der Waals surface area contributed by atoms with Crippen molar-refractivity contribution in [2.24, 2.45) is 185 Å². The first kappa shape index (κ1) is 88.6. The number of carbonyl (C=O) groups excluding carboxylic acids is 4. The number of allylic oxidation sites excluding steroid dienone is 1. The first-order valence-corrected chi connectivity index (χ1v) is 48.5. The predicted molar refractivity (Wildman–Crippen MR) is 446 cm³/mol. The SMILES string of the molecule is CC(C)[C@@H](CC[C@@H](C)[C@H]1CCC2C3C(CC[C@@]21C)[C@@]1(C)CCC(=O)C[C@@H]1C[C@H]3O)OS(=O)(=O)O.CC(C)[C@H](O)CC[C@@H](C)[C@H]1CCC2C3C(CC[C@@]21C)[C@@]1(C)CCC(=O)C[C@@H]1C[C@H]3O.C[C@H](CO)[C@H]1CCC2C3C(CC[C@@]21C)[C@@]1(C)CCC(=O)C=C1C[C@H]3O.C[C@H](CO)[C@H]1CCC2C3CCC4=CC(=O)CC[C@]4(C)C3CC[C@@]21C. The number of aliphatic hydroxyl groups is 6. The van der Waals surface area contributed by atoms with Gasteiger partial charge in [0, 0.05) is 51.7 Å². The van der Waals surface area contributed by atoms with Crippen molar-refractivity contribution in [3.8, 4) is 0 Å². The summed E-state index contributed by atoms with van der Waals surface area (Å²) in [5.41, 5.74) is 4.74. The van der Waals surface area contributed by atoms with E-state index in [9.17, 15) is 58.2 Å². The summed E-state index contributed by atoms with van der Waals surface area (Å²) in [6.45, 7) is 37.5. The van der Waals surface area contributed by atoms with Gasteiger partial charge in [-0.3, -0.25) is 23.7 Å². The molecule has 0 saturated heterocycles. The smallest absolute Gasteiger partial charge is 0.396 e. The van der Waals surface area contributed by atoms with Crippen LogP contribution in [-0.4, -0.2) is 110 Å². The van der Waals surface area contributed by atoms with Crippen LogP contribution in [0.25, 0.3) is 0 Å². The Bertz CT molecular complexity index is 3580. The van der Waals surface area contributed by atoms with Gasteiger partial charge in [-0.15, -0.1) is 0 Å². The van der Waals surface area contributed by atoms with Crippen LogP contribution in [0.1, 0.15) is 336 Å². The van der Waals surface area contributed by atoms with Crippen LogP contribution in [0.4, 0.5) is 0 Å². The number of carbonyl (C=O) groups is 4. The van der Waals surface area contributed by atoms with Crippen LogP contribution in [0.15, 0.2) is 23.3 Å². The number of ketones is 4. The molecule has 14 fully saturated rings. The number of aliphatic hydroxyl groups excluding tert-OH is 6. The summed E-state index contributed by atoms with van der Waals surface area (Å²) in [6, 6.07) is 0. The van der Waals surface area contributed by atoms with Crippen molar-refractivity contribution in [3.05, 3.63) is 23.3 Å². The maximum Gasteiger partial charge on any atom is 0.397 e. The second kappa shape index (κ2) is 33.6. The molecule has 0 aromatic carbocycles. The molecule has 16 aliphatic rings. The molecule has 0 aromatic rings. The van der Waals surface area contributed by atoms with Gasteiger partial charge in [0.1, 0.15) is 11.6 Å². The van der Waals surface area contributed by atoms with Gasteiger partial charge in [-0.2, -0.15) is 8.42 Å². The highest BCUT2D eigenvalue weighted by Gasteiger charge is 2.67. The highest BCUT2D eigenvalue weighted by Crippen LogP contribution is 2.73. The standard InChI is InChI=1S/C27H46O6S.C27H46O3.C22H34O3.C22H34O2/c1-16(2)24(33-34(30,31)32)9-6-17(3)20-7-8-21-25-22(11-13-27(20,21)5)26(4)12-10-19(28)14-18(26)15-23(25)29;1-16(2)23(29)9-6-17(3)20-7-8-21-25-22(11-13-27(20,21)5)26(4)12-10-19(28)14-18(26)15-24(25)30;1-13(12-23)16-4-5-17-20-18(7-9-22(16,17)3)21(2)8-6-15(24)10-14(21)11-19(20)25;1-14(13-23)18-6-7-19-17-5-4-15-12-16(24)8-10-21(15,2)20(17)9-11-22(18,19)3/h16-18,20-25,29H,6-15H2,1-5H3,(H,30,31,32);16-18,20-25,29-30H,6-15H2,1-5H3;10,13,16-20,23,25H,4-9,11-12H2,1-3H3;12,14,17-20,23H,4-11,13H2,1-3H3/t2*17-,18-,20-,21?,22?,23-,24-,25?,26+,27-;13-,16-,17?,18?,19-,20?,21+,22-;14-,17?,18-,19?,20?,21+,22-/m1111/s1. The van der Waals surface area contributed by atoms with E-state index >= 15 is 0 Å². The molecule has 14 saturated carbocycles. The molecule has 0 amide bonds. The summed E-state index contributed by atoms with van der Waals surface area (Å²) in [4.78, 5) is 48.1. The van der Waals surface area contributed by atoms with Crippen LogP contribution in [0.2, 0.25) is 0 Å². The van der Waals surface area contributed by atoms with E-state index in [4.69, 9.17) is 8.74 Å². The molecule has 12 unspecified atom stereocenters. The van der Waals surface area contributed by atoms with Crippen molar-refractivity contribution >= 4 is 33.5 Å². The quantitative estimate of drug-likeness (QED) is 0.0710. The predicted octanol–water partition coefficient (Wildman–Crippen LogP) is 19.6. The Kier molecular flexibility index (Phi) is 26.3. The van der Waals surface area contributed by atoms with Gasteiger partial charge in [0.2, 0.25) is 0 Å². The molecule has 113 heavy (non-hydrogen) atoms. The average Bonchev–Trinajstić information content (AvgIpc) is 1.69. The second-order valence-corrected chi connectivity index (χ2v) is 46.7. The fraction of sp³-hybridized carbons (Fsp3) is 0.918. The number of hydrogen-bond donors (Lipinski definition) is 7. The minimum absolute atomic E-state index is 0.00456. The second-order valence-electron chi connectivity index (χ2n) is 45.6. The van der Waals surface area contributed by atoms with E-state index in [-0.39, 0.29) is 69.8 Å². The maximum absolute atomic E-state index is 12.2. The molecule has 0 aromatic heterocycles. The van der Waals surface area contributed by atoms with Crippen molar-refractivity contribution in [1.82, 2.24) is 0 Å². The molecule has 16 aliphatic carbocycles. The lowest BCUT2D eigenvalue weighted by molar-refractivity contribution is -0.169. The van der Waals surface area contributed by atoms with Crippen molar-refractivity contribution in [1.29, 1.82) is 0 Å². The van der Waals surface area contributed by atoms with Gasteiger partial charge in [-0.1, -0.05) is 122 Å². The minimum atomic E-state index is -4.45. The first-order valence-electron chi connectivity index (χ1n) is 47.2. The van der Waals surface area contributed by atoms with E-state index in [2.05, 4.69) is 96.9 Å². The molecule has 642 valence electrons. The van der Waals surface area contributed by atoms with Gasteiger partial charge >= 0.3 is 10.4 Å². The molecule has 35 atom stereocenters. The molecule has 0 spiro atoms. The van der Waals surface area contributed by atoms with Gasteiger partial charge in [-0.25, -0.2) is 4.18 Å². The molecular formula is C98H160O14S. The Balaban J connectivity index is 0.000000133. The summed E-state index contributed by atoms with van der Waals surface area (Å²) in [5, 5.41) is 63.5. The fourth-order valence-corrected chi connectivity index (χ4v) is 34.1. The Labute approximate surface area is 684 Å². The van der Waals surface area contributed by atoms with Crippen LogP contribution in [-0.2, 0) is 33.8 Å². The molecule has 14 nitrogen and oxygen atoms in total. The van der Waals surface area contributed by atoms with Gasteiger partial charge in [-0.05, 0) is 384 Å². The Morgan fingerprint density at radius 3 is 1.21 bits per heavy atom. The molecule has 0 radical (unpaired) electrons. The summed E-state index contributed by atoms with van der Waals surface area (Å²) in [5.74, 6) is 13.8. The third kappa shape index (κ3) is 16.1. The Morgan fingerprint density at radius 1 is 0.398 bits per heavy atom. The minimum Gasteiger partial charge on any atom is -0.396 e. The highest BCUT2D eigenvalue weighted by atomic mass is 32.3. The normalized spacial score (nSPS) is 47.7. The third-order valence-electron chi connectivity index (χ3n) is 40.1. The molecule has 15 heteroatoms. The summed E-state index contributed by atoms with van der Waals surface area (Å²) in [6.07, 6.45) is 38.7. The molecule has 7 N–H and O–H groups in total. The number of fused-ring (bicyclic) bond motifs is 20. The van der Waals surface area contributed by atoms with Crippen LogP contribution in [0.5, 0.6) is 0 Å². The summed E-state index contributed by atoms with van der Waals surface area (Å²) in [7, 11) is -4.45. The van der Waals surface area contributed by atoms with Crippen LogP contribution in [0.3, 0.4) is 0 Å². The van der Waals surface area contributed by atoms with E-state index in [1.165, 1.54) is 94.6 Å². The van der Waals surface area contributed by atoms with Gasteiger partial charge in [0.25, 0.3) is 0 Å². The van der Waals surface area contributed by atoms with Crippen LogP contribution < -0.4 is 0 Å². The van der Waals surface area contributed by atoms with Crippen molar-refractivity contribution in [2.75, 3.05) is 13.2 Å². The van der Waals surface area contributed by atoms with E-state index in [0.717, 1.165) is 120 Å². The zero-order valence-corrected chi connectivity index (χ0v) is 74.3. The van der Waals surface area contributed by atoms with Gasteiger partial charge in [0.05, 0.1) is 30.5 Å². The number of rotatable bonds is 16. The first-order chi connectivity index (χ1) is 53.0. The van der Waals surface area contributed by atoms with Crippen LogP contribution >= 0.6 is 0 Å². The fourth-order valence-electron chi connectivity index (χ4n) is 33.5. The molecule has 0 bridgehead atoms. The van der Waals surface area contributed by atoms with Crippen LogP contribution in [0, 0.1) is 185 Å².